The van der Waals surface area contributed by atoms with Crippen LogP contribution in [0.15, 0.2) is 21.7 Å². The third-order valence-electron chi connectivity index (χ3n) is 3.07. The van der Waals surface area contributed by atoms with Crippen molar-refractivity contribution < 1.29 is 27.5 Å². The van der Waals surface area contributed by atoms with Gasteiger partial charge in [-0.05, 0) is 20.9 Å². The highest BCUT2D eigenvalue weighted by molar-refractivity contribution is 7.89. The summed E-state index contributed by atoms with van der Waals surface area (Å²) in [7, 11) is -1.86. The van der Waals surface area contributed by atoms with E-state index in [1.807, 2.05) is 0 Å². The molecular formula is C12H14N8O8S. The number of methoxy groups -OCH3 is 2. The van der Waals surface area contributed by atoms with Gasteiger partial charge >= 0.3 is 23.3 Å². The molecule has 0 unspecified atom stereocenters. The molecule has 156 valence electrons. The van der Waals surface area contributed by atoms with Gasteiger partial charge < -0.3 is 9.47 Å². The maximum absolute atomic E-state index is 12.3. The molecule has 0 aliphatic heterocycles. The Hall–Kier alpha value is -3.89. The van der Waals surface area contributed by atoms with Gasteiger partial charge in [0.2, 0.25) is 0 Å². The molecule has 2 aromatic rings. The van der Waals surface area contributed by atoms with Gasteiger partial charge in [-0.3, -0.25) is 0 Å². The van der Waals surface area contributed by atoms with Gasteiger partial charge in [0, 0.05) is 24.6 Å². The summed E-state index contributed by atoms with van der Waals surface area (Å²) in [4.78, 5) is 46.1. The average Bonchev–Trinajstić information content (AvgIpc) is 3.20. The van der Waals surface area contributed by atoms with Crippen molar-refractivity contribution in [3.63, 3.8) is 0 Å². The molecule has 0 aromatic carbocycles. The van der Waals surface area contributed by atoms with Crippen LogP contribution in [0.5, 0.6) is 0 Å². The van der Waals surface area contributed by atoms with Gasteiger partial charge in [0.05, 0.1) is 14.2 Å². The minimum absolute atomic E-state index is 0.504. The summed E-state index contributed by atoms with van der Waals surface area (Å²) >= 11 is 0. The third kappa shape index (κ3) is 5.54. The van der Waals surface area contributed by atoms with Gasteiger partial charge in [-0.25, -0.2) is 27.6 Å². The van der Waals surface area contributed by atoms with Gasteiger partial charge in [-0.1, -0.05) is 0 Å². The zero-order valence-electron chi connectivity index (χ0n) is 15.0. The molecule has 0 aliphatic carbocycles. The van der Waals surface area contributed by atoms with Crippen LogP contribution in [0.25, 0.3) is 12.4 Å². The van der Waals surface area contributed by atoms with Crippen molar-refractivity contribution in [2.24, 2.45) is 0 Å². The van der Waals surface area contributed by atoms with Crippen LogP contribution < -0.4 is 11.4 Å². The van der Waals surface area contributed by atoms with Gasteiger partial charge in [0.25, 0.3) is 0 Å². The Morgan fingerprint density at radius 1 is 0.828 bits per heavy atom. The summed E-state index contributed by atoms with van der Waals surface area (Å²) in [5, 5.41) is 13.5. The Morgan fingerprint density at radius 2 is 1.21 bits per heavy atom. The van der Waals surface area contributed by atoms with Crippen molar-refractivity contribution in [1.82, 2.24) is 39.6 Å². The SMILES string of the molecule is COC(=O)/C=C/n1nnn(CS(=O)(=O)Cn2nnn(/C=C/C(=O)OC)c2=O)c1=O. The number of esters is 2. The first-order chi connectivity index (χ1) is 13.7. The lowest BCUT2D eigenvalue weighted by atomic mass is 10.6. The van der Waals surface area contributed by atoms with E-state index in [1.54, 1.807) is 0 Å². The maximum Gasteiger partial charge on any atom is 0.368 e. The molecular weight excluding hydrogens is 416 g/mol. The van der Waals surface area contributed by atoms with Crippen LogP contribution in [0.2, 0.25) is 0 Å². The molecule has 0 radical (unpaired) electrons. The second kappa shape index (κ2) is 8.87. The molecule has 0 amide bonds. The second-order valence-corrected chi connectivity index (χ2v) is 7.09. The fourth-order valence-electron chi connectivity index (χ4n) is 1.73. The van der Waals surface area contributed by atoms with E-state index in [0.29, 0.717) is 18.7 Å². The molecule has 0 aliphatic rings. The monoisotopic (exact) mass is 430 g/mol. The topological polar surface area (TPSA) is 192 Å². The quantitative estimate of drug-likeness (QED) is 0.297. The van der Waals surface area contributed by atoms with E-state index in [9.17, 15) is 27.6 Å². The first-order valence-electron chi connectivity index (χ1n) is 7.44. The summed E-state index contributed by atoms with van der Waals surface area (Å²) < 4.78 is 35.5. The van der Waals surface area contributed by atoms with Crippen molar-refractivity contribution >= 4 is 34.2 Å². The Labute approximate surface area is 161 Å². The highest BCUT2D eigenvalue weighted by Gasteiger charge is 2.20. The van der Waals surface area contributed by atoms with Gasteiger partial charge in [0.1, 0.15) is 0 Å². The van der Waals surface area contributed by atoms with E-state index in [0.717, 1.165) is 38.8 Å². The Kier molecular flexibility index (Phi) is 6.55. The summed E-state index contributed by atoms with van der Waals surface area (Å²) in [6.45, 7) is 0. The van der Waals surface area contributed by atoms with Crippen molar-refractivity contribution in [2.75, 3.05) is 14.2 Å². The first kappa shape index (κ1) is 21.4. The molecule has 0 spiro atoms. The first-order valence-corrected chi connectivity index (χ1v) is 9.26. The second-order valence-electron chi connectivity index (χ2n) is 5.09. The van der Waals surface area contributed by atoms with E-state index in [-0.39, 0.29) is 0 Å². The molecule has 2 heterocycles. The largest absolute Gasteiger partial charge is 0.466 e. The minimum Gasteiger partial charge on any atom is -0.466 e. The van der Waals surface area contributed by atoms with E-state index < -0.39 is 44.9 Å². The fourth-order valence-corrected chi connectivity index (χ4v) is 2.89. The highest BCUT2D eigenvalue weighted by Crippen LogP contribution is 1.96. The Bertz CT molecular complexity index is 1090. The van der Waals surface area contributed by atoms with Crippen molar-refractivity contribution in [3.8, 4) is 0 Å². The van der Waals surface area contributed by atoms with Crippen molar-refractivity contribution in [2.45, 2.75) is 11.8 Å². The lowest BCUT2D eigenvalue weighted by Crippen LogP contribution is -2.31. The predicted octanol–water partition coefficient (Wildman–Crippen LogP) is -3.49. The van der Waals surface area contributed by atoms with Gasteiger partial charge in [0.15, 0.2) is 21.6 Å². The number of hydrogen-bond acceptors (Lipinski definition) is 12. The lowest BCUT2D eigenvalue weighted by molar-refractivity contribution is -0.135. The summed E-state index contributed by atoms with van der Waals surface area (Å²) in [5.74, 6) is -3.37. The standard InChI is InChI=1S/C12H14N8O8S/c1-27-9(21)3-5-17-11(23)19(15-13-17)7-29(25,26)8-20-12(24)18(14-16-20)6-4-10(22)28-2/h3-6H,7-8H2,1-2H3/b5-3+,6-4+. The summed E-state index contributed by atoms with van der Waals surface area (Å²) in [6.07, 6.45) is 3.64. The molecule has 0 N–H and O–H groups in total. The molecule has 2 rings (SSSR count). The molecule has 2 aromatic heterocycles. The number of carbonyl (C=O) groups excluding carboxylic acids is 2. The number of aromatic nitrogens is 8. The van der Waals surface area contributed by atoms with Gasteiger partial charge in [-0.15, -0.1) is 0 Å². The van der Waals surface area contributed by atoms with Crippen molar-refractivity contribution in [1.29, 1.82) is 0 Å². The van der Waals surface area contributed by atoms with Gasteiger partial charge in [-0.2, -0.15) is 18.7 Å². The average molecular weight is 430 g/mol. The van der Waals surface area contributed by atoms with Crippen LogP contribution in [0.1, 0.15) is 0 Å². The third-order valence-corrected chi connectivity index (χ3v) is 4.34. The molecule has 16 nitrogen and oxygen atoms in total. The molecule has 0 bridgehead atoms. The number of tetrazole rings is 2. The number of hydrogen-bond donors (Lipinski definition) is 0. The maximum atomic E-state index is 12.3. The molecule has 0 fully saturated rings. The van der Waals surface area contributed by atoms with Crippen LogP contribution in [-0.4, -0.2) is 74.2 Å². The molecule has 29 heavy (non-hydrogen) atoms. The van der Waals surface area contributed by atoms with Crippen LogP contribution in [0.3, 0.4) is 0 Å². The minimum atomic E-state index is -4.12. The Balaban J connectivity index is 2.16. The normalized spacial score (nSPS) is 11.9. The number of sulfone groups is 1. The van der Waals surface area contributed by atoms with E-state index in [4.69, 9.17) is 0 Å². The molecule has 17 heteroatoms. The number of ether oxygens (including phenoxy) is 2. The lowest BCUT2D eigenvalue weighted by Gasteiger charge is -2.01. The number of rotatable bonds is 8. The zero-order valence-corrected chi connectivity index (χ0v) is 15.8. The van der Waals surface area contributed by atoms with Crippen LogP contribution in [0, 0.1) is 0 Å². The van der Waals surface area contributed by atoms with Crippen LogP contribution in [-0.2, 0) is 40.7 Å². The summed E-state index contributed by atoms with van der Waals surface area (Å²) in [6, 6.07) is 0. The smallest absolute Gasteiger partial charge is 0.368 e. The van der Waals surface area contributed by atoms with E-state index in [2.05, 4.69) is 30.3 Å². The number of nitrogens with zero attached hydrogens (tertiary/aromatic N) is 8. The summed E-state index contributed by atoms with van der Waals surface area (Å²) in [5.41, 5.74) is -1.91. The van der Waals surface area contributed by atoms with Crippen LogP contribution >= 0.6 is 0 Å². The fraction of sp³-hybridized carbons (Fsp3) is 0.333. The molecule has 0 saturated heterocycles. The van der Waals surface area contributed by atoms with Crippen LogP contribution in [0.4, 0.5) is 0 Å². The predicted molar refractivity (Wildman–Crippen MR) is 92.2 cm³/mol. The molecule has 0 saturated carbocycles. The zero-order chi connectivity index (χ0) is 21.6. The van der Waals surface area contributed by atoms with E-state index in [1.165, 1.54) is 0 Å². The molecule has 0 atom stereocenters. The Morgan fingerprint density at radius 3 is 1.55 bits per heavy atom. The van der Waals surface area contributed by atoms with Crippen molar-refractivity contribution in [3.05, 3.63) is 33.1 Å². The highest BCUT2D eigenvalue weighted by atomic mass is 32.2. The number of carbonyl (C=O) groups is 2. The van der Waals surface area contributed by atoms with E-state index >= 15 is 0 Å².